The molecule has 2 rings (SSSR count). The molecule has 0 bridgehead atoms. The predicted molar refractivity (Wildman–Crippen MR) is 77.5 cm³/mol. The van der Waals surface area contributed by atoms with E-state index in [9.17, 15) is 23.1 Å². The van der Waals surface area contributed by atoms with Crippen LogP contribution in [0.1, 0.15) is 33.1 Å². The maximum atomic E-state index is 12.7. The monoisotopic (exact) mass is 317 g/mol. The number of aliphatic carboxylic acids is 1. The van der Waals surface area contributed by atoms with Gasteiger partial charge in [-0.2, -0.15) is 0 Å². The molecule has 2 fully saturated rings. The van der Waals surface area contributed by atoms with E-state index in [2.05, 4.69) is 0 Å². The number of amides is 1. The van der Waals surface area contributed by atoms with E-state index < -0.39 is 27.6 Å². The van der Waals surface area contributed by atoms with E-state index in [0.29, 0.717) is 25.8 Å². The summed E-state index contributed by atoms with van der Waals surface area (Å²) < 4.78 is 23.2. The lowest BCUT2D eigenvalue weighted by Gasteiger charge is -2.30. The molecule has 0 radical (unpaired) electrons. The normalized spacial score (nSPS) is 34.8. The van der Waals surface area contributed by atoms with Gasteiger partial charge in [0.25, 0.3) is 0 Å². The highest BCUT2D eigenvalue weighted by Crippen LogP contribution is 2.38. The van der Waals surface area contributed by atoms with Crippen LogP contribution in [-0.4, -0.2) is 54.4 Å². The molecule has 0 spiro atoms. The van der Waals surface area contributed by atoms with E-state index >= 15 is 0 Å². The van der Waals surface area contributed by atoms with Gasteiger partial charge < -0.3 is 10.0 Å². The first-order valence-electron chi connectivity index (χ1n) is 7.49. The fourth-order valence-electron chi connectivity index (χ4n) is 3.67. The third-order valence-corrected chi connectivity index (χ3v) is 6.46. The van der Waals surface area contributed by atoms with Gasteiger partial charge in [0.2, 0.25) is 5.91 Å². The van der Waals surface area contributed by atoms with Crippen molar-refractivity contribution in [3.05, 3.63) is 0 Å². The molecule has 21 heavy (non-hydrogen) atoms. The van der Waals surface area contributed by atoms with Crippen LogP contribution in [0.5, 0.6) is 0 Å². The van der Waals surface area contributed by atoms with Crippen LogP contribution in [0.4, 0.5) is 0 Å². The van der Waals surface area contributed by atoms with Crippen LogP contribution in [0.25, 0.3) is 0 Å². The van der Waals surface area contributed by atoms with E-state index in [1.54, 1.807) is 4.90 Å². The zero-order valence-corrected chi connectivity index (χ0v) is 13.3. The Bertz CT molecular complexity index is 529. The van der Waals surface area contributed by atoms with Crippen molar-refractivity contribution in [2.24, 2.45) is 17.8 Å². The molecule has 4 atom stereocenters. The highest BCUT2D eigenvalue weighted by atomic mass is 32.2. The van der Waals surface area contributed by atoms with Crippen LogP contribution in [0.3, 0.4) is 0 Å². The number of carboxylic acids is 1. The lowest BCUT2D eigenvalue weighted by Crippen LogP contribution is -2.45. The molecule has 1 aliphatic heterocycles. The molecule has 1 aliphatic carbocycles. The molecule has 1 saturated heterocycles. The Hall–Kier alpha value is -1.11. The van der Waals surface area contributed by atoms with Gasteiger partial charge in [-0.25, -0.2) is 8.42 Å². The Labute approximate surface area is 125 Å². The summed E-state index contributed by atoms with van der Waals surface area (Å²) in [6, 6.07) is -0.294. The number of rotatable bonds is 4. The minimum Gasteiger partial charge on any atom is -0.481 e. The first-order valence-corrected chi connectivity index (χ1v) is 9.31. The molecule has 2 unspecified atom stereocenters. The molecule has 1 amide bonds. The van der Waals surface area contributed by atoms with Crippen LogP contribution >= 0.6 is 0 Å². The lowest BCUT2D eigenvalue weighted by atomic mass is 9.94. The fraction of sp³-hybridized carbons (Fsp3) is 0.857. The number of hydrogen-bond acceptors (Lipinski definition) is 4. The summed E-state index contributed by atoms with van der Waals surface area (Å²) in [5.41, 5.74) is 0. The minimum absolute atomic E-state index is 0.00654. The molecule has 2 aliphatic rings. The van der Waals surface area contributed by atoms with Crippen molar-refractivity contribution < 1.29 is 23.1 Å². The molecule has 0 aromatic rings. The molecule has 0 aromatic heterocycles. The molecule has 7 heteroatoms. The average Bonchev–Trinajstić information content (AvgIpc) is 2.93. The highest BCUT2D eigenvalue weighted by Gasteiger charge is 2.44. The summed E-state index contributed by atoms with van der Waals surface area (Å²) in [6.07, 6.45) is 1.56. The maximum Gasteiger partial charge on any atom is 0.307 e. The summed E-state index contributed by atoms with van der Waals surface area (Å²) in [4.78, 5) is 25.6. The van der Waals surface area contributed by atoms with Crippen LogP contribution in [0, 0.1) is 17.8 Å². The summed E-state index contributed by atoms with van der Waals surface area (Å²) >= 11 is 0. The van der Waals surface area contributed by atoms with Crippen LogP contribution in [0.15, 0.2) is 0 Å². The number of carbonyl (C=O) groups is 2. The fourth-order valence-corrected chi connectivity index (χ4v) is 5.40. The quantitative estimate of drug-likeness (QED) is 0.827. The lowest BCUT2D eigenvalue weighted by molar-refractivity contribution is -0.149. The summed E-state index contributed by atoms with van der Waals surface area (Å²) in [5.74, 6) is -1.92. The van der Waals surface area contributed by atoms with Crippen molar-refractivity contribution in [2.75, 3.05) is 18.1 Å². The molecule has 6 nitrogen and oxygen atoms in total. The Balaban J connectivity index is 2.15. The van der Waals surface area contributed by atoms with Crippen LogP contribution < -0.4 is 0 Å². The number of carbonyl (C=O) groups excluding carboxylic acids is 1. The van der Waals surface area contributed by atoms with Gasteiger partial charge in [-0.3, -0.25) is 9.59 Å². The van der Waals surface area contributed by atoms with E-state index in [4.69, 9.17) is 0 Å². The summed E-state index contributed by atoms with van der Waals surface area (Å²) in [6.45, 7) is 4.20. The number of nitrogens with zero attached hydrogens (tertiary/aromatic N) is 1. The first-order chi connectivity index (χ1) is 9.75. The highest BCUT2D eigenvalue weighted by molar-refractivity contribution is 7.91. The first kappa shape index (κ1) is 16.3. The van der Waals surface area contributed by atoms with Crippen molar-refractivity contribution in [1.29, 1.82) is 0 Å². The van der Waals surface area contributed by atoms with Crippen molar-refractivity contribution in [3.8, 4) is 0 Å². The Morgan fingerprint density at radius 1 is 1.24 bits per heavy atom. The van der Waals surface area contributed by atoms with E-state index in [1.807, 2.05) is 13.8 Å². The Morgan fingerprint density at radius 3 is 2.33 bits per heavy atom. The van der Waals surface area contributed by atoms with Crippen molar-refractivity contribution in [3.63, 3.8) is 0 Å². The van der Waals surface area contributed by atoms with Crippen molar-refractivity contribution in [1.82, 2.24) is 4.90 Å². The second-order valence-electron chi connectivity index (χ2n) is 6.31. The summed E-state index contributed by atoms with van der Waals surface area (Å²) in [7, 11) is -3.06. The molecule has 1 heterocycles. The van der Waals surface area contributed by atoms with Gasteiger partial charge in [0, 0.05) is 12.6 Å². The van der Waals surface area contributed by atoms with Gasteiger partial charge >= 0.3 is 5.97 Å². The predicted octanol–water partition coefficient (Wildman–Crippen LogP) is 0.769. The molecular formula is C14H23NO5S. The van der Waals surface area contributed by atoms with Gasteiger partial charge in [-0.15, -0.1) is 0 Å². The zero-order chi connectivity index (χ0) is 15.8. The largest absolute Gasteiger partial charge is 0.481 e. The molecule has 0 aromatic carbocycles. The molecular weight excluding hydrogens is 294 g/mol. The van der Waals surface area contributed by atoms with Crippen molar-refractivity contribution >= 4 is 21.7 Å². The van der Waals surface area contributed by atoms with Crippen LogP contribution in [-0.2, 0) is 19.4 Å². The standard InChI is InChI=1S/C14H23NO5S/c1-3-15(10-4-5-21(19,20)8-10)13(16)11-6-9(2)7-12(11)14(17)18/h9-12H,3-8H2,1-2H3,(H,17,18)/t9?,10?,11-,12+/m0/s1. The third-order valence-electron chi connectivity index (χ3n) is 4.71. The molecule has 1 N–H and O–H groups in total. The number of hydrogen-bond donors (Lipinski definition) is 1. The zero-order valence-electron chi connectivity index (χ0n) is 12.5. The second kappa shape index (κ2) is 5.94. The van der Waals surface area contributed by atoms with E-state index in [0.717, 1.165) is 0 Å². The SMILES string of the molecule is CCN(C(=O)[C@H]1CC(C)C[C@H]1C(=O)O)C1CCS(=O)(=O)C1. The van der Waals surface area contributed by atoms with Gasteiger partial charge in [0.1, 0.15) is 0 Å². The van der Waals surface area contributed by atoms with Gasteiger partial charge in [0.05, 0.1) is 23.3 Å². The Kier molecular flexibility index (Phi) is 4.60. The van der Waals surface area contributed by atoms with Gasteiger partial charge in [0.15, 0.2) is 9.84 Å². The second-order valence-corrected chi connectivity index (χ2v) is 8.54. The summed E-state index contributed by atoms with van der Waals surface area (Å²) in [5, 5.41) is 9.29. The Morgan fingerprint density at radius 2 is 1.86 bits per heavy atom. The number of carboxylic acid groups (broad SMARTS) is 1. The van der Waals surface area contributed by atoms with Crippen LogP contribution in [0.2, 0.25) is 0 Å². The van der Waals surface area contributed by atoms with Gasteiger partial charge in [-0.1, -0.05) is 6.92 Å². The minimum atomic E-state index is -3.06. The average molecular weight is 317 g/mol. The topological polar surface area (TPSA) is 91.8 Å². The van der Waals surface area contributed by atoms with Crippen molar-refractivity contribution in [2.45, 2.75) is 39.2 Å². The molecule has 1 saturated carbocycles. The van der Waals surface area contributed by atoms with Gasteiger partial charge in [-0.05, 0) is 32.1 Å². The molecule has 120 valence electrons. The smallest absolute Gasteiger partial charge is 0.307 e. The third kappa shape index (κ3) is 3.39. The van der Waals surface area contributed by atoms with E-state index in [1.165, 1.54) is 0 Å². The number of sulfone groups is 1. The van der Waals surface area contributed by atoms with E-state index in [-0.39, 0.29) is 29.4 Å². The maximum absolute atomic E-state index is 12.7.